The zero-order valence-electron chi connectivity index (χ0n) is 14.7. The first-order chi connectivity index (χ1) is 11.1. The maximum Gasteiger partial charge on any atom is 0.308 e. The maximum absolute atomic E-state index is 11.4. The molecule has 0 rings (SSSR count). The van der Waals surface area contributed by atoms with Crippen LogP contribution in [0.5, 0.6) is 0 Å². The van der Waals surface area contributed by atoms with E-state index >= 15 is 0 Å². The van der Waals surface area contributed by atoms with Crippen molar-refractivity contribution in [1.29, 1.82) is 0 Å². The molecule has 2 unspecified atom stereocenters. The van der Waals surface area contributed by atoms with E-state index in [9.17, 15) is 9.90 Å². The Morgan fingerprint density at radius 1 is 0.826 bits per heavy atom. The molecule has 5 nitrogen and oxygen atoms in total. The lowest BCUT2D eigenvalue weighted by atomic mass is 10.0. The Morgan fingerprint density at radius 2 is 1.26 bits per heavy atom. The number of carbonyl (C=O) groups excluding carboxylic acids is 1. The molecule has 2 atom stereocenters. The average molecular weight is 332 g/mol. The Morgan fingerprint density at radius 3 is 1.70 bits per heavy atom. The molecule has 0 spiro atoms. The van der Waals surface area contributed by atoms with Crippen molar-refractivity contribution in [3.63, 3.8) is 0 Å². The number of esters is 1. The number of ether oxygens (including phenoxy) is 1. The van der Waals surface area contributed by atoms with Gasteiger partial charge >= 0.3 is 5.97 Å². The van der Waals surface area contributed by atoms with Crippen LogP contribution >= 0.6 is 0 Å². The molecular weight excluding hydrogens is 296 g/mol. The van der Waals surface area contributed by atoms with Crippen LogP contribution in [0.15, 0.2) is 0 Å². The van der Waals surface area contributed by atoms with Gasteiger partial charge in [0, 0.05) is 6.42 Å². The second-order valence-electron chi connectivity index (χ2n) is 6.27. The predicted octanol–water partition coefficient (Wildman–Crippen LogP) is 3.29. The number of aliphatic hydroxyl groups is 3. The van der Waals surface area contributed by atoms with Crippen LogP contribution in [0.2, 0.25) is 0 Å². The number of hydrogen-bond donors (Lipinski definition) is 3. The van der Waals surface area contributed by atoms with Gasteiger partial charge in [-0.25, -0.2) is 0 Å². The fourth-order valence-electron chi connectivity index (χ4n) is 2.47. The topological polar surface area (TPSA) is 87.0 Å². The average Bonchev–Trinajstić information content (AvgIpc) is 2.54. The minimum atomic E-state index is -1.63. The molecule has 5 heteroatoms. The van der Waals surface area contributed by atoms with E-state index in [1.165, 1.54) is 57.8 Å². The molecule has 0 heterocycles. The first kappa shape index (κ1) is 22.4. The summed E-state index contributed by atoms with van der Waals surface area (Å²) in [4.78, 5) is 11.4. The lowest BCUT2D eigenvalue weighted by Gasteiger charge is -2.15. The highest BCUT2D eigenvalue weighted by Gasteiger charge is 2.19. The third kappa shape index (κ3) is 14.7. The Balaban J connectivity index is 3.28. The maximum atomic E-state index is 11.4. The molecule has 0 bridgehead atoms. The third-order valence-corrected chi connectivity index (χ3v) is 4.00. The van der Waals surface area contributed by atoms with Crippen LogP contribution in [0.25, 0.3) is 0 Å². The van der Waals surface area contributed by atoms with Crippen LogP contribution in [-0.4, -0.2) is 40.3 Å². The molecule has 0 fully saturated rings. The van der Waals surface area contributed by atoms with Crippen molar-refractivity contribution in [3.8, 4) is 0 Å². The van der Waals surface area contributed by atoms with Crippen LogP contribution in [-0.2, 0) is 9.53 Å². The smallest absolute Gasteiger partial charge is 0.308 e. The van der Waals surface area contributed by atoms with Crippen molar-refractivity contribution >= 4 is 5.97 Å². The largest absolute Gasteiger partial charge is 0.433 e. The van der Waals surface area contributed by atoms with Gasteiger partial charge in [-0.05, 0) is 6.42 Å². The van der Waals surface area contributed by atoms with Gasteiger partial charge in [0.05, 0.1) is 6.61 Å². The summed E-state index contributed by atoms with van der Waals surface area (Å²) in [5, 5.41) is 26.9. The van der Waals surface area contributed by atoms with Gasteiger partial charge in [-0.2, -0.15) is 0 Å². The predicted molar refractivity (Wildman–Crippen MR) is 90.9 cm³/mol. The summed E-state index contributed by atoms with van der Waals surface area (Å²) in [5.74, 6) is -0.530. The highest BCUT2D eigenvalue weighted by Crippen LogP contribution is 2.12. The Bertz CT molecular complexity index is 270. The molecule has 0 radical (unpaired) electrons. The fourth-order valence-corrected chi connectivity index (χ4v) is 2.47. The molecule has 0 saturated carbocycles. The lowest BCUT2D eigenvalue weighted by molar-refractivity contribution is -0.190. The Hall–Kier alpha value is -0.650. The van der Waals surface area contributed by atoms with Gasteiger partial charge in [0.15, 0.2) is 0 Å². The van der Waals surface area contributed by atoms with Gasteiger partial charge in [-0.1, -0.05) is 77.6 Å². The van der Waals surface area contributed by atoms with Crippen LogP contribution in [0.3, 0.4) is 0 Å². The summed E-state index contributed by atoms with van der Waals surface area (Å²) in [7, 11) is 0. The summed E-state index contributed by atoms with van der Waals surface area (Å²) in [6, 6.07) is 0. The minimum absolute atomic E-state index is 0.243. The molecule has 0 aliphatic carbocycles. The molecule has 138 valence electrons. The van der Waals surface area contributed by atoms with Crippen molar-refractivity contribution in [2.24, 2.45) is 0 Å². The number of carbonyl (C=O) groups is 1. The number of rotatable bonds is 16. The van der Waals surface area contributed by atoms with E-state index in [-0.39, 0.29) is 6.42 Å². The van der Waals surface area contributed by atoms with Crippen LogP contribution in [0, 0.1) is 0 Å². The zero-order chi connectivity index (χ0) is 17.3. The highest BCUT2D eigenvalue weighted by atomic mass is 16.6. The SMILES string of the molecule is CCCCCCCCCCCCCCC(=O)OC(O)C(O)CO. The van der Waals surface area contributed by atoms with E-state index in [1.54, 1.807) is 0 Å². The van der Waals surface area contributed by atoms with Crippen LogP contribution in [0.1, 0.15) is 90.4 Å². The minimum Gasteiger partial charge on any atom is -0.433 e. The number of hydrogen-bond acceptors (Lipinski definition) is 5. The molecule has 0 aromatic carbocycles. The normalized spacial score (nSPS) is 13.7. The third-order valence-electron chi connectivity index (χ3n) is 4.00. The van der Waals surface area contributed by atoms with Crippen molar-refractivity contribution in [1.82, 2.24) is 0 Å². The molecular formula is C18H36O5. The van der Waals surface area contributed by atoms with Gasteiger partial charge in [-0.3, -0.25) is 4.79 Å². The van der Waals surface area contributed by atoms with E-state index < -0.39 is 25.0 Å². The van der Waals surface area contributed by atoms with Crippen molar-refractivity contribution < 1.29 is 24.9 Å². The van der Waals surface area contributed by atoms with Crippen molar-refractivity contribution in [3.05, 3.63) is 0 Å². The van der Waals surface area contributed by atoms with Gasteiger partial charge in [0.25, 0.3) is 0 Å². The monoisotopic (exact) mass is 332 g/mol. The number of aliphatic hydroxyl groups excluding tert-OH is 3. The van der Waals surface area contributed by atoms with E-state index in [1.807, 2.05) is 0 Å². The summed E-state index contributed by atoms with van der Waals surface area (Å²) < 4.78 is 4.61. The highest BCUT2D eigenvalue weighted by molar-refractivity contribution is 5.69. The first-order valence-corrected chi connectivity index (χ1v) is 9.28. The van der Waals surface area contributed by atoms with E-state index in [0.717, 1.165) is 19.3 Å². The first-order valence-electron chi connectivity index (χ1n) is 9.28. The molecule has 0 aliphatic rings. The molecule has 3 N–H and O–H groups in total. The Kier molecular flexibility index (Phi) is 15.8. The fraction of sp³-hybridized carbons (Fsp3) is 0.944. The van der Waals surface area contributed by atoms with Gasteiger partial charge in [0.2, 0.25) is 6.29 Å². The number of unbranched alkanes of at least 4 members (excludes halogenated alkanes) is 11. The Labute approximate surface area is 141 Å². The van der Waals surface area contributed by atoms with Gasteiger partial charge < -0.3 is 20.1 Å². The summed E-state index contributed by atoms with van der Waals surface area (Å²) >= 11 is 0. The summed E-state index contributed by atoms with van der Waals surface area (Å²) in [5.41, 5.74) is 0. The molecule has 0 saturated heterocycles. The summed E-state index contributed by atoms with van der Waals surface area (Å²) in [6.45, 7) is 1.60. The lowest BCUT2D eigenvalue weighted by Crippen LogP contribution is -2.33. The quantitative estimate of drug-likeness (QED) is 0.229. The van der Waals surface area contributed by atoms with Crippen LogP contribution < -0.4 is 0 Å². The van der Waals surface area contributed by atoms with E-state index in [4.69, 9.17) is 10.2 Å². The molecule has 0 aromatic heterocycles. The molecule has 0 amide bonds. The summed E-state index contributed by atoms with van der Waals surface area (Å²) in [6.07, 6.45) is 11.9. The standard InChI is InChI=1S/C18H36O5/c1-2-3-4-5-6-7-8-9-10-11-12-13-14-17(21)23-18(22)16(20)15-19/h16,18-20,22H,2-15H2,1H3. The zero-order valence-corrected chi connectivity index (χ0v) is 14.7. The van der Waals surface area contributed by atoms with E-state index in [2.05, 4.69) is 11.7 Å². The second-order valence-corrected chi connectivity index (χ2v) is 6.27. The van der Waals surface area contributed by atoms with Gasteiger partial charge in [0.1, 0.15) is 6.10 Å². The van der Waals surface area contributed by atoms with E-state index in [0.29, 0.717) is 0 Å². The second kappa shape index (κ2) is 16.2. The van der Waals surface area contributed by atoms with Crippen molar-refractivity contribution in [2.75, 3.05) is 6.61 Å². The van der Waals surface area contributed by atoms with Gasteiger partial charge in [-0.15, -0.1) is 0 Å². The van der Waals surface area contributed by atoms with Crippen LogP contribution in [0.4, 0.5) is 0 Å². The molecule has 0 aliphatic heterocycles. The van der Waals surface area contributed by atoms with Crippen molar-refractivity contribution in [2.45, 2.75) is 103 Å². The molecule has 0 aromatic rings. The molecule has 23 heavy (non-hydrogen) atoms.